The van der Waals surface area contributed by atoms with E-state index in [1.807, 2.05) is 7.05 Å². The van der Waals surface area contributed by atoms with Crippen molar-refractivity contribution in [2.45, 2.75) is 59.0 Å². The molecule has 0 aliphatic rings. The van der Waals surface area contributed by atoms with E-state index in [0.29, 0.717) is 5.92 Å². The van der Waals surface area contributed by atoms with Gasteiger partial charge in [0.05, 0.1) is 6.04 Å². The van der Waals surface area contributed by atoms with Gasteiger partial charge in [-0.3, -0.25) is 4.79 Å². The molecule has 0 aromatic rings. The highest BCUT2D eigenvalue weighted by atomic mass is 16.2. The number of nitrogens with two attached hydrogens (primary N) is 1. The van der Waals surface area contributed by atoms with Crippen LogP contribution in [0.25, 0.3) is 0 Å². The summed E-state index contributed by atoms with van der Waals surface area (Å²) in [7, 11) is 1.84. The summed E-state index contributed by atoms with van der Waals surface area (Å²) in [6.45, 7) is 10.4. The van der Waals surface area contributed by atoms with Gasteiger partial charge in [0.1, 0.15) is 0 Å². The van der Waals surface area contributed by atoms with Crippen molar-refractivity contribution in [2.24, 2.45) is 11.7 Å². The van der Waals surface area contributed by atoms with Gasteiger partial charge in [-0.2, -0.15) is 0 Å². The summed E-state index contributed by atoms with van der Waals surface area (Å²) in [6, 6.07) is -0.360. The quantitative estimate of drug-likeness (QED) is 0.761. The summed E-state index contributed by atoms with van der Waals surface area (Å²) < 4.78 is 0. The first-order chi connectivity index (χ1) is 6.72. The Kier molecular flexibility index (Phi) is 5.29. The molecule has 1 atom stereocenters. The van der Waals surface area contributed by atoms with Crippen LogP contribution in [0, 0.1) is 5.92 Å². The van der Waals surface area contributed by atoms with E-state index in [2.05, 4.69) is 34.6 Å². The van der Waals surface area contributed by atoms with Crippen LogP contribution >= 0.6 is 0 Å². The fraction of sp³-hybridized carbons (Fsp3) is 0.917. The molecule has 0 aromatic heterocycles. The molecule has 0 heterocycles. The Labute approximate surface area is 94.0 Å². The van der Waals surface area contributed by atoms with Crippen molar-refractivity contribution in [3.8, 4) is 0 Å². The molecule has 0 aromatic carbocycles. The number of hydrogen-bond acceptors (Lipinski definition) is 2. The van der Waals surface area contributed by atoms with Crippen molar-refractivity contribution in [3.05, 3.63) is 0 Å². The molecule has 0 aliphatic heterocycles. The van der Waals surface area contributed by atoms with Gasteiger partial charge in [-0.05, 0) is 32.6 Å². The second kappa shape index (κ2) is 5.50. The summed E-state index contributed by atoms with van der Waals surface area (Å²) in [4.78, 5) is 13.8. The lowest BCUT2D eigenvalue weighted by Crippen LogP contribution is -2.51. The molecule has 0 fully saturated rings. The first kappa shape index (κ1) is 14.4. The second-order valence-corrected chi connectivity index (χ2v) is 5.30. The average molecular weight is 214 g/mol. The predicted molar refractivity (Wildman–Crippen MR) is 64.6 cm³/mol. The zero-order chi connectivity index (χ0) is 12.2. The maximum absolute atomic E-state index is 12.0. The van der Waals surface area contributed by atoms with Crippen molar-refractivity contribution in [1.29, 1.82) is 0 Å². The minimum atomic E-state index is -0.360. The van der Waals surface area contributed by atoms with Crippen LogP contribution < -0.4 is 5.73 Å². The van der Waals surface area contributed by atoms with Crippen molar-refractivity contribution >= 4 is 5.91 Å². The van der Waals surface area contributed by atoms with Crippen LogP contribution in [0.15, 0.2) is 0 Å². The molecule has 1 amide bonds. The zero-order valence-corrected chi connectivity index (χ0v) is 11.0. The third-order valence-electron chi connectivity index (χ3n) is 3.15. The maximum Gasteiger partial charge on any atom is 0.239 e. The molecular formula is C12H26N2O. The summed E-state index contributed by atoms with van der Waals surface area (Å²) in [5.74, 6) is 0.512. The standard InChI is InChI=1S/C12H26N2O/c1-7-12(4,5)14(6)11(15)10(13)8-9(2)3/h9-10H,7-8,13H2,1-6H3. The Morgan fingerprint density at radius 1 is 1.40 bits per heavy atom. The fourth-order valence-electron chi connectivity index (χ4n) is 1.39. The number of nitrogens with zero attached hydrogens (tertiary/aromatic N) is 1. The summed E-state index contributed by atoms with van der Waals surface area (Å²) in [5, 5.41) is 0. The molecule has 0 bridgehead atoms. The van der Waals surface area contributed by atoms with E-state index in [-0.39, 0.29) is 17.5 Å². The molecule has 0 saturated carbocycles. The largest absolute Gasteiger partial charge is 0.339 e. The minimum absolute atomic E-state index is 0.0514. The molecule has 3 nitrogen and oxygen atoms in total. The van der Waals surface area contributed by atoms with Crippen molar-refractivity contribution in [3.63, 3.8) is 0 Å². The van der Waals surface area contributed by atoms with Crippen LogP contribution in [0.3, 0.4) is 0 Å². The molecule has 1 unspecified atom stereocenters. The lowest BCUT2D eigenvalue weighted by atomic mass is 9.97. The number of amides is 1. The molecule has 0 rings (SSSR count). The van der Waals surface area contributed by atoms with Crippen LogP contribution in [0.5, 0.6) is 0 Å². The lowest BCUT2D eigenvalue weighted by molar-refractivity contribution is -0.136. The average Bonchev–Trinajstić information content (AvgIpc) is 2.14. The number of rotatable bonds is 5. The Morgan fingerprint density at radius 3 is 2.20 bits per heavy atom. The fourth-order valence-corrected chi connectivity index (χ4v) is 1.39. The highest BCUT2D eigenvalue weighted by Gasteiger charge is 2.29. The molecule has 15 heavy (non-hydrogen) atoms. The van der Waals surface area contributed by atoms with Gasteiger partial charge in [-0.1, -0.05) is 20.8 Å². The number of hydrogen-bond donors (Lipinski definition) is 1. The summed E-state index contributed by atoms with van der Waals surface area (Å²) in [5.41, 5.74) is 5.77. The first-order valence-corrected chi connectivity index (χ1v) is 5.75. The van der Waals surface area contributed by atoms with Crippen molar-refractivity contribution in [2.75, 3.05) is 7.05 Å². The first-order valence-electron chi connectivity index (χ1n) is 5.75. The predicted octanol–water partition coefficient (Wildman–Crippen LogP) is 2.01. The van der Waals surface area contributed by atoms with E-state index in [1.165, 1.54) is 0 Å². The highest BCUT2D eigenvalue weighted by Crippen LogP contribution is 2.18. The van der Waals surface area contributed by atoms with Crippen molar-refractivity contribution in [1.82, 2.24) is 4.90 Å². The minimum Gasteiger partial charge on any atom is -0.339 e. The van der Waals surface area contributed by atoms with E-state index in [0.717, 1.165) is 12.8 Å². The summed E-state index contributed by atoms with van der Waals surface area (Å²) in [6.07, 6.45) is 1.69. The van der Waals surface area contributed by atoms with E-state index >= 15 is 0 Å². The van der Waals surface area contributed by atoms with E-state index < -0.39 is 0 Å². The molecule has 90 valence electrons. The summed E-state index contributed by atoms with van der Waals surface area (Å²) >= 11 is 0. The van der Waals surface area contributed by atoms with E-state index in [9.17, 15) is 4.79 Å². The smallest absolute Gasteiger partial charge is 0.239 e. The molecule has 0 aliphatic carbocycles. The molecule has 0 radical (unpaired) electrons. The number of carbonyl (C=O) groups excluding carboxylic acids is 1. The van der Waals surface area contributed by atoms with Gasteiger partial charge in [0, 0.05) is 12.6 Å². The van der Waals surface area contributed by atoms with E-state index in [1.54, 1.807) is 4.90 Å². The van der Waals surface area contributed by atoms with Crippen LogP contribution in [0.4, 0.5) is 0 Å². The van der Waals surface area contributed by atoms with Gasteiger partial charge >= 0.3 is 0 Å². The van der Waals surface area contributed by atoms with Crippen molar-refractivity contribution < 1.29 is 4.79 Å². The SMILES string of the molecule is CCC(C)(C)N(C)C(=O)C(N)CC(C)C. The van der Waals surface area contributed by atoms with Gasteiger partial charge in [0.15, 0.2) is 0 Å². The monoisotopic (exact) mass is 214 g/mol. The van der Waals surface area contributed by atoms with E-state index in [4.69, 9.17) is 5.73 Å². The topological polar surface area (TPSA) is 46.3 Å². The Bertz CT molecular complexity index is 212. The Balaban J connectivity index is 4.44. The van der Waals surface area contributed by atoms with Gasteiger partial charge < -0.3 is 10.6 Å². The molecule has 0 saturated heterocycles. The van der Waals surface area contributed by atoms with Crippen LogP contribution in [0.1, 0.15) is 47.5 Å². The normalized spacial score (nSPS) is 14.1. The third kappa shape index (κ3) is 4.20. The van der Waals surface area contributed by atoms with Crippen LogP contribution in [-0.4, -0.2) is 29.4 Å². The highest BCUT2D eigenvalue weighted by molar-refractivity contribution is 5.82. The van der Waals surface area contributed by atoms with Gasteiger partial charge in [0.2, 0.25) is 5.91 Å². The van der Waals surface area contributed by atoms with Crippen LogP contribution in [0.2, 0.25) is 0 Å². The zero-order valence-electron chi connectivity index (χ0n) is 11.0. The third-order valence-corrected chi connectivity index (χ3v) is 3.15. The Morgan fingerprint density at radius 2 is 1.87 bits per heavy atom. The molecule has 2 N–H and O–H groups in total. The molecule has 0 spiro atoms. The lowest BCUT2D eigenvalue weighted by Gasteiger charge is -2.36. The van der Waals surface area contributed by atoms with Gasteiger partial charge in [0.25, 0.3) is 0 Å². The Hall–Kier alpha value is -0.570. The number of likely N-dealkylation sites (N-methyl/N-ethyl adjacent to an activating group) is 1. The maximum atomic E-state index is 12.0. The number of carbonyl (C=O) groups is 1. The molecule has 3 heteroatoms. The second-order valence-electron chi connectivity index (χ2n) is 5.30. The van der Waals surface area contributed by atoms with Gasteiger partial charge in [-0.15, -0.1) is 0 Å². The van der Waals surface area contributed by atoms with Crippen LogP contribution in [-0.2, 0) is 4.79 Å². The van der Waals surface area contributed by atoms with Gasteiger partial charge in [-0.25, -0.2) is 0 Å². The molecular weight excluding hydrogens is 188 g/mol.